The molecule has 1 saturated heterocycles. The maximum atomic E-state index is 12.5. The van der Waals surface area contributed by atoms with Crippen LogP contribution in [-0.2, 0) is 40.5 Å². The molecule has 0 amide bonds. The molecule has 0 radical (unpaired) electrons. The van der Waals surface area contributed by atoms with Gasteiger partial charge < -0.3 is 34.1 Å². The van der Waals surface area contributed by atoms with Crippen LogP contribution in [0.2, 0.25) is 0 Å². The minimum atomic E-state index is -6.05. The predicted molar refractivity (Wildman–Crippen MR) is 161 cm³/mol. The van der Waals surface area contributed by atoms with Crippen molar-refractivity contribution in [2.75, 3.05) is 12.3 Å². The quantitative estimate of drug-likeness (QED) is 0.0780. The number of hydrogen-bond donors (Lipinski definition) is 6. The van der Waals surface area contributed by atoms with E-state index in [1.165, 1.54) is 35.2 Å². The second-order valence-corrected chi connectivity index (χ2v) is 16.3. The predicted octanol–water partition coefficient (Wildman–Crippen LogP) is 1.95. The van der Waals surface area contributed by atoms with Crippen LogP contribution in [0, 0.1) is 0 Å². The molecule has 0 saturated carbocycles. The molecule has 0 spiro atoms. The number of hydrogen-bond acceptors (Lipinski definition) is 16. The number of ether oxygens (including phenoxy) is 1. The van der Waals surface area contributed by atoms with Gasteiger partial charge in [0.15, 0.2) is 16.6 Å². The van der Waals surface area contributed by atoms with Gasteiger partial charge in [0.05, 0.1) is 19.0 Å². The van der Waals surface area contributed by atoms with E-state index in [0.717, 1.165) is 12.1 Å². The fraction of sp³-hybridized carbons (Fsp3) is 0.227. The fourth-order valence-electron chi connectivity index (χ4n) is 4.64. The number of phosphoric acid groups is 4. The van der Waals surface area contributed by atoms with Gasteiger partial charge >= 0.3 is 31.3 Å². The molecule has 23 nitrogen and oxygen atoms in total. The van der Waals surface area contributed by atoms with Crippen LogP contribution in [-0.4, -0.2) is 51.8 Å². The van der Waals surface area contributed by atoms with Crippen LogP contribution in [0.4, 0.5) is 5.95 Å². The molecule has 1 aromatic carbocycles. The second kappa shape index (κ2) is 12.9. The van der Waals surface area contributed by atoms with Crippen molar-refractivity contribution in [3.63, 3.8) is 0 Å². The number of rotatable bonds is 12. The molecule has 4 heterocycles. The first-order chi connectivity index (χ1) is 22.9. The topological polar surface area (TPSA) is 339 Å². The number of phosphoric ester groups is 2. The number of anilines is 1. The smallest absolute Gasteiger partial charge is 0.443 e. The molecule has 3 aliphatic rings. The molecule has 8 N–H and O–H groups in total. The van der Waals surface area contributed by atoms with Gasteiger partial charge in [0.1, 0.15) is 12.0 Å². The zero-order valence-corrected chi connectivity index (χ0v) is 27.7. The second-order valence-electron chi connectivity index (χ2n) is 10.1. The lowest BCUT2D eigenvalue weighted by atomic mass is 10.2. The summed E-state index contributed by atoms with van der Waals surface area (Å²) in [6.07, 6.45) is 0.100. The number of imidazole rings is 1. The average molecular weight is 767 g/mol. The minimum Gasteiger partial charge on any atom is -0.443 e. The minimum absolute atomic E-state index is 0.0125. The number of nitrogens with zero attached hydrogens (tertiary/aromatic N) is 3. The molecule has 4 unspecified atom stereocenters. The van der Waals surface area contributed by atoms with Crippen molar-refractivity contribution in [1.29, 1.82) is 0 Å². The molecule has 0 bridgehead atoms. The van der Waals surface area contributed by atoms with Crippen LogP contribution < -0.4 is 26.2 Å². The van der Waals surface area contributed by atoms with E-state index in [-0.39, 0.29) is 46.7 Å². The number of nitrogens with one attached hydrogen (secondary N) is 2. The summed E-state index contributed by atoms with van der Waals surface area (Å²) in [6.45, 7) is -0.705. The Labute approximate surface area is 271 Å². The summed E-state index contributed by atoms with van der Waals surface area (Å²) >= 11 is 0. The highest BCUT2D eigenvalue weighted by Crippen LogP contribution is 2.71. The summed E-state index contributed by atoms with van der Waals surface area (Å²) in [4.78, 5) is 76.5. The van der Waals surface area contributed by atoms with Crippen molar-refractivity contribution in [2.45, 2.75) is 25.2 Å². The Bertz CT molecular complexity index is 2360. The van der Waals surface area contributed by atoms with E-state index in [1.807, 2.05) is 0 Å². The summed E-state index contributed by atoms with van der Waals surface area (Å²) in [5, 5.41) is 0. The molecular weight excluding hydrogens is 744 g/mol. The largest absolute Gasteiger partial charge is 0.536 e. The van der Waals surface area contributed by atoms with Gasteiger partial charge in [-0.1, -0.05) is 0 Å². The molecule has 27 heteroatoms. The van der Waals surface area contributed by atoms with Crippen LogP contribution in [0.5, 0.6) is 5.75 Å². The van der Waals surface area contributed by atoms with E-state index in [4.69, 9.17) is 19.4 Å². The first-order valence-corrected chi connectivity index (χ1v) is 19.4. The summed E-state index contributed by atoms with van der Waals surface area (Å²) in [7, 11) is -23.2. The molecule has 2 aromatic heterocycles. The third kappa shape index (κ3) is 8.39. The number of aromatic nitrogens is 5. The van der Waals surface area contributed by atoms with Crippen molar-refractivity contribution < 1.29 is 74.0 Å². The Kier molecular flexibility index (Phi) is 9.27. The Morgan fingerprint density at radius 3 is 2.43 bits per heavy atom. The van der Waals surface area contributed by atoms with Crippen LogP contribution >= 0.6 is 31.3 Å². The molecule has 49 heavy (non-hydrogen) atoms. The number of fused-ring (bicyclic) bond motifs is 3. The zero-order valence-electron chi connectivity index (χ0n) is 24.1. The van der Waals surface area contributed by atoms with E-state index in [2.05, 4.69) is 37.4 Å². The van der Waals surface area contributed by atoms with Gasteiger partial charge in [-0.25, -0.2) is 23.2 Å². The van der Waals surface area contributed by atoms with Crippen molar-refractivity contribution in [1.82, 2.24) is 19.5 Å². The molecular formula is C22H23N6O17P4+. The normalized spacial score (nSPS) is 21.6. The van der Waals surface area contributed by atoms with Gasteiger partial charge in [-0.05, 0) is 25.0 Å². The maximum absolute atomic E-state index is 12.5. The monoisotopic (exact) mass is 767 g/mol. The fourth-order valence-corrected chi connectivity index (χ4v) is 9.60. The molecule has 2 aliphatic heterocycles. The van der Waals surface area contributed by atoms with Gasteiger partial charge in [0, 0.05) is 24.3 Å². The van der Waals surface area contributed by atoms with Crippen molar-refractivity contribution in [3.05, 3.63) is 63.3 Å². The van der Waals surface area contributed by atoms with E-state index in [1.54, 1.807) is 0 Å². The highest BCUT2D eigenvalue weighted by molar-refractivity contribution is 7.69. The van der Waals surface area contributed by atoms with Crippen LogP contribution in [0.3, 0.4) is 0 Å². The molecule has 6 atom stereocenters. The summed E-state index contributed by atoms with van der Waals surface area (Å²) in [6, 6.07) is 7.44. The lowest BCUT2D eigenvalue weighted by Crippen LogP contribution is -2.17. The molecule has 262 valence electrons. The van der Waals surface area contributed by atoms with E-state index in [0.29, 0.717) is 11.2 Å². The Hall–Kier alpha value is -3.65. The highest BCUT2D eigenvalue weighted by atomic mass is 31.3. The molecule has 1 fully saturated rings. The molecule has 6 rings (SSSR count). The van der Waals surface area contributed by atoms with Crippen LogP contribution in [0.1, 0.15) is 19.1 Å². The van der Waals surface area contributed by atoms with Gasteiger partial charge in [-0.15, -0.1) is 0 Å². The lowest BCUT2D eigenvalue weighted by molar-refractivity contribution is -0.334. The number of H-pyrrole nitrogens is 2. The Morgan fingerprint density at radius 1 is 0.959 bits per heavy atom. The SMILES string of the molecule is Nc1nc2c(ncn2[C@H]2CC[C@@H](COP(=O)(O)OP(=O)(O)OP(=O)(O)OP(=O)(O)Oc3ccc4[nH+]c5ccc(=O)cc-5oc4c3)O2)c(=O)[nH]1. The third-order valence-electron chi connectivity index (χ3n) is 6.50. The van der Waals surface area contributed by atoms with Gasteiger partial charge in [-0.2, -0.15) is 22.9 Å². The average Bonchev–Trinajstić information content (AvgIpc) is 3.60. The Morgan fingerprint density at radius 2 is 1.67 bits per heavy atom. The number of nitrogens with two attached hydrogens (primary N) is 1. The first-order valence-electron chi connectivity index (χ1n) is 13.4. The van der Waals surface area contributed by atoms with Crippen molar-refractivity contribution in [2.24, 2.45) is 0 Å². The van der Waals surface area contributed by atoms with Crippen LogP contribution in [0.25, 0.3) is 33.7 Å². The van der Waals surface area contributed by atoms with Crippen LogP contribution in [0.15, 0.2) is 56.7 Å². The van der Waals surface area contributed by atoms with Crippen molar-refractivity contribution >= 4 is 59.5 Å². The maximum Gasteiger partial charge on any atom is 0.536 e. The van der Waals surface area contributed by atoms with Gasteiger partial charge in [0.25, 0.3) is 5.56 Å². The van der Waals surface area contributed by atoms with E-state index in [9.17, 15) is 47.4 Å². The zero-order chi connectivity index (χ0) is 35.4. The molecule has 3 aromatic rings. The lowest BCUT2D eigenvalue weighted by Gasteiger charge is -2.20. The highest BCUT2D eigenvalue weighted by Gasteiger charge is 2.46. The van der Waals surface area contributed by atoms with Gasteiger partial charge in [-0.3, -0.25) is 28.6 Å². The number of aromatic amines is 2. The molecule has 1 aliphatic carbocycles. The van der Waals surface area contributed by atoms with Gasteiger partial charge in [0.2, 0.25) is 28.5 Å². The Balaban J connectivity index is 1.04. The van der Waals surface area contributed by atoms with E-state index >= 15 is 0 Å². The number of benzene rings is 2. The summed E-state index contributed by atoms with van der Waals surface area (Å²) in [5.41, 5.74) is 5.53. The third-order valence-corrected chi connectivity index (χ3v) is 12.4. The first kappa shape index (κ1) is 35.2. The standard InChI is InChI=1S/C22H22N6O17P4/c23-22-26-20-19(21(30)27-22)24-10-28(20)18-6-3-13(40-18)9-39-46(31,32)43-48(35,36)45-49(37,38)44-47(33,34)42-12-2-5-15-17(8-12)41-16-7-11(29)1-4-14(16)25-15/h1-2,4-5,7-8,10,13,18H,3,6,9H2,(H,31,32)(H,33,34)(H,35,36)(H,37,38)(H3,23,26,27,30)/p+1/t13-,18+/m0/s1. The van der Waals surface area contributed by atoms with E-state index < -0.39 is 61.5 Å². The summed E-state index contributed by atoms with van der Waals surface area (Å²) in [5.74, 6) is -0.506. The summed E-state index contributed by atoms with van der Waals surface area (Å²) < 4.78 is 83.4. The van der Waals surface area contributed by atoms with Crippen molar-refractivity contribution in [3.8, 4) is 17.2 Å². The number of nitrogen functional groups attached to an aromatic ring is 1.